The SMILES string of the molecule is CC1CCCN(c2ccc(C(=O)Nc3cccc(C(F)(F)F)c3)cn2)C1. The fraction of sp³-hybridized carbons (Fsp3) is 0.368. The van der Waals surface area contributed by atoms with Crippen molar-refractivity contribution < 1.29 is 18.0 Å². The molecule has 138 valence electrons. The monoisotopic (exact) mass is 363 g/mol. The van der Waals surface area contributed by atoms with Gasteiger partial charge in [0.05, 0.1) is 11.1 Å². The highest BCUT2D eigenvalue weighted by Crippen LogP contribution is 2.30. The predicted molar refractivity (Wildman–Crippen MR) is 94.2 cm³/mol. The molecule has 1 amide bonds. The van der Waals surface area contributed by atoms with Crippen molar-refractivity contribution in [3.05, 3.63) is 53.7 Å². The molecule has 0 radical (unpaired) electrons. The fourth-order valence-corrected chi connectivity index (χ4v) is 3.08. The minimum Gasteiger partial charge on any atom is -0.356 e. The van der Waals surface area contributed by atoms with Crippen LogP contribution in [-0.4, -0.2) is 24.0 Å². The number of pyridine rings is 1. The summed E-state index contributed by atoms with van der Waals surface area (Å²) in [5.74, 6) is 0.928. The number of hydrogen-bond acceptors (Lipinski definition) is 3. The predicted octanol–water partition coefficient (Wildman–Crippen LogP) is 4.59. The molecule has 0 spiro atoms. The van der Waals surface area contributed by atoms with Crippen LogP contribution in [0.4, 0.5) is 24.7 Å². The summed E-state index contributed by atoms with van der Waals surface area (Å²) in [7, 11) is 0. The molecule has 3 rings (SSSR count). The summed E-state index contributed by atoms with van der Waals surface area (Å²) in [6.07, 6.45) is -0.679. The average molecular weight is 363 g/mol. The van der Waals surface area contributed by atoms with Gasteiger partial charge in [0.25, 0.3) is 5.91 Å². The van der Waals surface area contributed by atoms with E-state index in [0.717, 1.165) is 37.5 Å². The van der Waals surface area contributed by atoms with Crippen molar-refractivity contribution in [1.29, 1.82) is 0 Å². The number of aromatic nitrogens is 1. The molecule has 1 N–H and O–H groups in total. The molecule has 1 fully saturated rings. The molecule has 7 heteroatoms. The molecule has 1 saturated heterocycles. The van der Waals surface area contributed by atoms with Gasteiger partial charge in [-0.25, -0.2) is 4.98 Å². The van der Waals surface area contributed by atoms with Gasteiger partial charge in [0.1, 0.15) is 5.82 Å². The summed E-state index contributed by atoms with van der Waals surface area (Å²) in [5.41, 5.74) is -0.405. The van der Waals surface area contributed by atoms with E-state index < -0.39 is 17.6 Å². The number of alkyl halides is 3. The van der Waals surface area contributed by atoms with Crippen molar-refractivity contribution in [1.82, 2.24) is 4.98 Å². The number of halogens is 3. The van der Waals surface area contributed by atoms with Crippen molar-refractivity contribution in [3.8, 4) is 0 Å². The molecule has 1 atom stereocenters. The lowest BCUT2D eigenvalue weighted by Gasteiger charge is -2.31. The normalized spacial score (nSPS) is 17.8. The molecular formula is C19H20F3N3O. The van der Waals surface area contributed by atoms with Crippen LogP contribution in [0.3, 0.4) is 0 Å². The molecule has 1 unspecified atom stereocenters. The highest BCUT2D eigenvalue weighted by Gasteiger charge is 2.30. The maximum Gasteiger partial charge on any atom is 0.416 e. The van der Waals surface area contributed by atoms with Gasteiger partial charge in [-0.2, -0.15) is 13.2 Å². The van der Waals surface area contributed by atoms with Gasteiger partial charge in [0, 0.05) is 25.0 Å². The molecule has 2 aromatic rings. The summed E-state index contributed by atoms with van der Waals surface area (Å²) < 4.78 is 38.2. The van der Waals surface area contributed by atoms with Gasteiger partial charge in [-0.05, 0) is 49.1 Å². The Morgan fingerprint density at radius 3 is 2.73 bits per heavy atom. The molecule has 1 aromatic heterocycles. The first-order chi connectivity index (χ1) is 12.3. The molecule has 0 saturated carbocycles. The van der Waals surface area contributed by atoms with Crippen LogP contribution in [0.1, 0.15) is 35.7 Å². The van der Waals surface area contributed by atoms with Crippen LogP contribution in [0.2, 0.25) is 0 Å². The lowest BCUT2D eigenvalue weighted by atomic mass is 10.0. The third-order valence-corrected chi connectivity index (χ3v) is 4.44. The van der Waals surface area contributed by atoms with E-state index in [4.69, 9.17) is 0 Å². The number of anilines is 2. The highest BCUT2D eigenvalue weighted by atomic mass is 19.4. The molecule has 1 aromatic carbocycles. The largest absolute Gasteiger partial charge is 0.416 e. The van der Waals surface area contributed by atoms with Gasteiger partial charge in [-0.1, -0.05) is 13.0 Å². The summed E-state index contributed by atoms with van der Waals surface area (Å²) >= 11 is 0. The van der Waals surface area contributed by atoms with E-state index >= 15 is 0 Å². The number of benzene rings is 1. The quantitative estimate of drug-likeness (QED) is 0.868. The minimum atomic E-state index is -4.45. The third kappa shape index (κ3) is 4.33. The molecule has 2 heterocycles. The van der Waals surface area contributed by atoms with E-state index in [9.17, 15) is 18.0 Å². The Hall–Kier alpha value is -2.57. The van der Waals surface area contributed by atoms with E-state index in [1.165, 1.54) is 24.8 Å². The zero-order valence-electron chi connectivity index (χ0n) is 14.4. The van der Waals surface area contributed by atoms with Gasteiger partial charge in [-0.3, -0.25) is 4.79 Å². The maximum atomic E-state index is 12.7. The van der Waals surface area contributed by atoms with Gasteiger partial charge >= 0.3 is 6.18 Å². The Bertz CT molecular complexity index is 774. The first-order valence-corrected chi connectivity index (χ1v) is 8.52. The summed E-state index contributed by atoms with van der Waals surface area (Å²) in [6, 6.07) is 7.98. The van der Waals surface area contributed by atoms with E-state index in [-0.39, 0.29) is 5.69 Å². The number of nitrogens with zero attached hydrogens (tertiary/aromatic N) is 2. The maximum absolute atomic E-state index is 12.7. The van der Waals surface area contributed by atoms with Gasteiger partial charge in [0.15, 0.2) is 0 Å². The number of nitrogens with one attached hydrogen (secondary N) is 1. The van der Waals surface area contributed by atoms with Crippen LogP contribution < -0.4 is 10.2 Å². The smallest absolute Gasteiger partial charge is 0.356 e. The number of amides is 1. The molecule has 0 aliphatic carbocycles. The van der Waals surface area contributed by atoms with Gasteiger partial charge < -0.3 is 10.2 Å². The lowest BCUT2D eigenvalue weighted by molar-refractivity contribution is -0.137. The molecular weight excluding hydrogens is 343 g/mol. The second-order valence-corrected chi connectivity index (χ2v) is 6.63. The highest BCUT2D eigenvalue weighted by molar-refractivity contribution is 6.04. The third-order valence-electron chi connectivity index (χ3n) is 4.44. The molecule has 1 aliphatic heterocycles. The van der Waals surface area contributed by atoms with Crippen molar-refractivity contribution in [2.45, 2.75) is 25.9 Å². The number of carbonyl (C=O) groups is 1. The first-order valence-electron chi connectivity index (χ1n) is 8.52. The molecule has 4 nitrogen and oxygen atoms in total. The Morgan fingerprint density at radius 2 is 2.08 bits per heavy atom. The van der Waals surface area contributed by atoms with Crippen LogP contribution in [0, 0.1) is 5.92 Å². The number of rotatable bonds is 3. The van der Waals surface area contributed by atoms with Crippen molar-refractivity contribution in [3.63, 3.8) is 0 Å². The standard InChI is InChI=1S/C19H20F3N3O/c1-13-4-3-9-25(12-13)17-8-7-14(11-23-17)18(26)24-16-6-2-5-15(10-16)19(20,21)22/h2,5-8,10-11,13H,3-4,9,12H2,1H3,(H,24,26). The number of hydrogen-bond donors (Lipinski definition) is 1. The van der Waals surface area contributed by atoms with Crippen LogP contribution in [0.25, 0.3) is 0 Å². The fourth-order valence-electron chi connectivity index (χ4n) is 3.08. The Balaban J connectivity index is 1.69. The molecule has 0 bridgehead atoms. The Kier molecular flexibility index (Phi) is 5.15. The Labute approximate surface area is 150 Å². The molecule has 26 heavy (non-hydrogen) atoms. The van der Waals surface area contributed by atoms with E-state index in [1.54, 1.807) is 12.1 Å². The summed E-state index contributed by atoms with van der Waals surface area (Å²) in [5, 5.41) is 2.48. The number of carbonyl (C=O) groups excluding carboxylic acids is 1. The summed E-state index contributed by atoms with van der Waals surface area (Å²) in [4.78, 5) is 18.8. The first kappa shape index (κ1) is 18.2. The topological polar surface area (TPSA) is 45.2 Å². The van der Waals surface area contributed by atoms with E-state index in [2.05, 4.69) is 22.1 Å². The van der Waals surface area contributed by atoms with E-state index in [1.807, 2.05) is 0 Å². The van der Waals surface area contributed by atoms with Crippen molar-refractivity contribution in [2.24, 2.45) is 5.92 Å². The van der Waals surface area contributed by atoms with Gasteiger partial charge in [-0.15, -0.1) is 0 Å². The van der Waals surface area contributed by atoms with Crippen LogP contribution in [0.5, 0.6) is 0 Å². The second-order valence-electron chi connectivity index (χ2n) is 6.63. The van der Waals surface area contributed by atoms with Crippen LogP contribution in [0.15, 0.2) is 42.6 Å². The molecule has 1 aliphatic rings. The zero-order valence-corrected chi connectivity index (χ0v) is 14.4. The van der Waals surface area contributed by atoms with Crippen LogP contribution in [-0.2, 0) is 6.18 Å². The Morgan fingerprint density at radius 1 is 1.27 bits per heavy atom. The van der Waals surface area contributed by atoms with Crippen molar-refractivity contribution >= 4 is 17.4 Å². The van der Waals surface area contributed by atoms with Gasteiger partial charge in [0.2, 0.25) is 0 Å². The summed E-state index contributed by atoms with van der Waals surface area (Å²) in [6.45, 7) is 4.07. The number of piperidine rings is 1. The second kappa shape index (κ2) is 7.35. The van der Waals surface area contributed by atoms with E-state index in [0.29, 0.717) is 11.5 Å². The zero-order chi connectivity index (χ0) is 18.7. The van der Waals surface area contributed by atoms with Crippen LogP contribution >= 0.6 is 0 Å². The average Bonchev–Trinajstić information content (AvgIpc) is 2.61. The minimum absolute atomic E-state index is 0.0961. The van der Waals surface area contributed by atoms with Crippen molar-refractivity contribution in [2.75, 3.05) is 23.3 Å². The lowest BCUT2D eigenvalue weighted by Crippen LogP contribution is -2.34.